The number of carbonyl (C=O) groups excluding carboxylic acids is 1. The summed E-state index contributed by atoms with van der Waals surface area (Å²) in [6.45, 7) is 2.30. The molecule has 2 aromatic rings. The van der Waals surface area contributed by atoms with Gasteiger partial charge in [0.05, 0.1) is 32.9 Å². The lowest BCUT2D eigenvalue weighted by atomic mass is 10.1. The first kappa shape index (κ1) is 20.7. The van der Waals surface area contributed by atoms with Gasteiger partial charge in [-0.3, -0.25) is 4.79 Å². The largest absolute Gasteiger partial charge is 0.490 e. The molecule has 0 saturated carbocycles. The number of hydrogen-bond acceptors (Lipinski definition) is 2. The number of ether oxygens (including phenoxy) is 1. The average Bonchev–Trinajstić information content (AvgIpc) is 2.55. The van der Waals surface area contributed by atoms with E-state index in [0.717, 1.165) is 24.6 Å². The second kappa shape index (κ2) is 8.37. The quantitative estimate of drug-likeness (QED) is 0.577. The van der Waals surface area contributed by atoms with Gasteiger partial charge in [-0.2, -0.15) is 13.2 Å². The highest BCUT2D eigenvalue weighted by atomic mass is 35.5. The van der Waals surface area contributed by atoms with Crippen molar-refractivity contribution in [3.8, 4) is 5.75 Å². The van der Waals surface area contributed by atoms with Crippen molar-refractivity contribution < 1.29 is 22.7 Å². The standard InChI is InChI=1S/C17H13Cl3F3NO2/c1-2-5-26-15-12(19)6-9(7-13(15)20)16(25)24-14-8-10(17(21,22)23)3-4-11(14)18/h3-4,6-8H,2,5H2,1H3,(H,24,25). The molecule has 2 rings (SSSR count). The highest BCUT2D eigenvalue weighted by Gasteiger charge is 2.31. The zero-order valence-electron chi connectivity index (χ0n) is 13.4. The Hall–Kier alpha value is -1.63. The maximum atomic E-state index is 12.8. The molecule has 0 aromatic heterocycles. The van der Waals surface area contributed by atoms with Gasteiger partial charge in [0.15, 0.2) is 5.75 Å². The normalized spacial score (nSPS) is 11.3. The van der Waals surface area contributed by atoms with Crippen LogP contribution in [0, 0.1) is 0 Å². The van der Waals surface area contributed by atoms with E-state index in [1.165, 1.54) is 12.1 Å². The van der Waals surface area contributed by atoms with E-state index in [9.17, 15) is 18.0 Å². The summed E-state index contributed by atoms with van der Waals surface area (Å²) in [5, 5.41) is 2.53. The molecule has 140 valence electrons. The molecule has 0 radical (unpaired) electrons. The van der Waals surface area contributed by atoms with Crippen molar-refractivity contribution in [2.45, 2.75) is 19.5 Å². The molecule has 0 unspecified atom stereocenters. The number of alkyl halides is 3. The molecule has 0 heterocycles. The fourth-order valence-corrected chi connectivity index (χ4v) is 2.79. The van der Waals surface area contributed by atoms with E-state index < -0.39 is 17.6 Å². The van der Waals surface area contributed by atoms with Gasteiger partial charge in [0.25, 0.3) is 5.91 Å². The SMILES string of the molecule is CCCOc1c(Cl)cc(C(=O)Nc2cc(C(F)(F)F)ccc2Cl)cc1Cl. The van der Waals surface area contributed by atoms with Crippen molar-refractivity contribution >= 4 is 46.4 Å². The van der Waals surface area contributed by atoms with Crippen LogP contribution in [0.5, 0.6) is 5.75 Å². The van der Waals surface area contributed by atoms with Crippen LogP contribution >= 0.6 is 34.8 Å². The van der Waals surface area contributed by atoms with Gasteiger partial charge in [0.1, 0.15) is 0 Å². The third-order valence-electron chi connectivity index (χ3n) is 3.25. The summed E-state index contributed by atoms with van der Waals surface area (Å²) < 4.78 is 43.8. The molecule has 9 heteroatoms. The Kier molecular flexibility index (Phi) is 6.66. The second-order valence-electron chi connectivity index (χ2n) is 5.26. The Labute approximate surface area is 163 Å². The van der Waals surface area contributed by atoms with Gasteiger partial charge in [-0.25, -0.2) is 0 Å². The number of hydrogen-bond donors (Lipinski definition) is 1. The second-order valence-corrected chi connectivity index (χ2v) is 6.49. The van der Waals surface area contributed by atoms with E-state index in [1.807, 2.05) is 6.92 Å². The molecule has 1 N–H and O–H groups in total. The zero-order valence-corrected chi connectivity index (χ0v) is 15.7. The topological polar surface area (TPSA) is 38.3 Å². The fourth-order valence-electron chi connectivity index (χ4n) is 2.02. The zero-order chi connectivity index (χ0) is 19.5. The van der Waals surface area contributed by atoms with Crippen LogP contribution in [0.15, 0.2) is 30.3 Å². The van der Waals surface area contributed by atoms with Crippen molar-refractivity contribution in [1.82, 2.24) is 0 Å². The molecule has 1 amide bonds. The molecular weight excluding hydrogens is 414 g/mol. The van der Waals surface area contributed by atoms with Crippen molar-refractivity contribution in [1.29, 1.82) is 0 Å². The third kappa shape index (κ3) is 4.96. The van der Waals surface area contributed by atoms with Crippen molar-refractivity contribution in [3.05, 3.63) is 56.5 Å². The first-order chi connectivity index (χ1) is 12.1. The smallest absolute Gasteiger partial charge is 0.416 e. The molecular formula is C17H13Cl3F3NO2. The van der Waals surface area contributed by atoms with Gasteiger partial charge in [0.2, 0.25) is 0 Å². The summed E-state index contributed by atoms with van der Waals surface area (Å²) in [4.78, 5) is 12.3. The Bertz CT molecular complexity index is 802. The van der Waals surface area contributed by atoms with E-state index in [0.29, 0.717) is 6.61 Å². The summed E-state index contributed by atoms with van der Waals surface area (Å²) in [6, 6.07) is 5.26. The molecule has 0 saturated heterocycles. The predicted molar refractivity (Wildman–Crippen MR) is 96.7 cm³/mol. The van der Waals surface area contributed by atoms with Gasteiger partial charge >= 0.3 is 6.18 Å². The summed E-state index contributed by atoms with van der Waals surface area (Å²) in [5.41, 5.74) is -1.06. The van der Waals surface area contributed by atoms with Gasteiger partial charge in [-0.05, 0) is 36.8 Å². The van der Waals surface area contributed by atoms with Gasteiger partial charge in [-0.15, -0.1) is 0 Å². The average molecular weight is 427 g/mol. The lowest BCUT2D eigenvalue weighted by Crippen LogP contribution is -2.14. The van der Waals surface area contributed by atoms with E-state index in [-0.39, 0.29) is 32.1 Å². The Morgan fingerprint density at radius 2 is 1.69 bits per heavy atom. The highest BCUT2D eigenvalue weighted by molar-refractivity contribution is 6.38. The monoisotopic (exact) mass is 425 g/mol. The van der Waals surface area contributed by atoms with Crippen LogP contribution in [0.1, 0.15) is 29.3 Å². The molecule has 0 fully saturated rings. The summed E-state index contributed by atoms with van der Waals surface area (Å²) in [5.74, 6) is -0.471. The molecule has 0 aliphatic rings. The number of rotatable bonds is 5. The Balaban J connectivity index is 2.28. The number of benzene rings is 2. The Morgan fingerprint density at radius 3 is 2.23 bits per heavy atom. The molecule has 0 aliphatic heterocycles. The maximum Gasteiger partial charge on any atom is 0.416 e. The van der Waals surface area contributed by atoms with Gasteiger partial charge in [-0.1, -0.05) is 41.7 Å². The highest BCUT2D eigenvalue weighted by Crippen LogP contribution is 2.36. The molecule has 2 aromatic carbocycles. The minimum absolute atomic E-state index is 0.0357. The fraction of sp³-hybridized carbons (Fsp3) is 0.235. The molecule has 3 nitrogen and oxygen atoms in total. The lowest BCUT2D eigenvalue weighted by molar-refractivity contribution is -0.137. The van der Waals surface area contributed by atoms with Crippen LogP contribution in [0.4, 0.5) is 18.9 Å². The van der Waals surface area contributed by atoms with E-state index >= 15 is 0 Å². The summed E-state index contributed by atoms with van der Waals surface area (Å²) in [6.07, 6.45) is -3.82. The van der Waals surface area contributed by atoms with E-state index in [4.69, 9.17) is 39.5 Å². The van der Waals surface area contributed by atoms with E-state index in [2.05, 4.69) is 5.32 Å². The number of halogens is 6. The predicted octanol–water partition coefficient (Wildman–Crippen LogP) is 6.71. The third-order valence-corrected chi connectivity index (χ3v) is 4.14. The number of carbonyl (C=O) groups is 1. The summed E-state index contributed by atoms with van der Waals surface area (Å²) in [7, 11) is 0. The first-order valence-electron chi connectivity index (χ1n) is 7.43. The van der Waals surface area contributed by atoms with Crippen LogP contribution in [0.2, 0.25) is 15.1 Å². The Morgan fingerprint density at radius 1 is 1.08 bits per heavy atom. The minimum Gasteiger partial charge on any atom is -0.490 e. The summed E-state index contributed by atoms with van der Waals surface area (Å²) >= 11 is 18.0. The van der Waals surface area contributed by atoms with Gasteiger partial charge in [0, 0.05) is 5.56 Å². The first-order valence-corrected chi connectivity index (χ1v) is 8.56. The molecule has 26 heavy (non-hydrogen) atoms. The molecule has 0 spiro atoms. The van der Waals surface area contributed by atoms with E-state index in [1.54, 1.807) is 0 Å². The molecule has 0 aliphatic carbocycles. The molecule has 0 atom stereocenters. The molecule has 0 bridgehead atoms. The lowest BCUT2D eigenvalue weighted by Gasteiger charge is -2.13. The number of nitrogens with one attached hydrogen (secondary N) is 1. The van der Waals surface area contributed by atoms with Crippen molar-refractivity contribution in [2.24, 2.45) is 0 Å². The van der Waals surface area contributed by atoms with Crippen molar-refractivity contribution in [2.75, 3.05) is 11.9 Å². The van der Waals surface area contributed by atoms with Crippen LogP contribution in [-0.4, -0.2) is 12.5 Å². The van der Waals surface area contributed by atoms with Gasteiger partial charge < -0.3 is 10.1 Å². The van der Waals surface area contributed by atoms with Crippen LogP contribution in [0.3, 0.4) is 0 Å². The van der Waals surface area contributed by atoms with Crippen LogP contribution < -0.4 is 10.1 Å². The number of anilines is 1. The number of amides is 1. The van der Waals surface area contributed by atoms with Crippen LogP contribution in [0.25, 0.3) is 0 Å². The minimum atomic E-state index is -4.56. The maximum absolute atomic E-state index is 12.8. The van der Waals surface area contributed by atoms with Crippen LogP contribution in [-0.2, 0) is 6.18 Å². The van der Waals surface area contributed by atoms with Crippen molar-refractivity contribution in [3.63, 3.8) is 0 Å².